The quantitative estimate of drug-likeness (QED) is 0.452. The molecule has 0 aliphatic rings. The number of hydrogen-bond donors (Lipinski definition) is 0. The number of nitro groups is 1. The predicted octanol–water partition coefficient (Wildman–Crippen LogP) is 2.23. The number of rotatable bonds is 5. The molecule has 1 aromatic carbocycles. The van der Waals surface area contributed by atoms with Crippen LogP contribution in [-0.2, 0) is 11.2 Å². The van der Waals surface area contributed by atoms with Crippen molar-refractivity contribution in [2.24, 2.45) is 0 Å². The number of carbonyl (C=O) groups is 1. The van der Waals surface area contributed by atoms with E-state index in [1.807, 2.05) is 6.07 Å². The Morgan fingerprint density at radius 2 is 2.28 bits per heavy atom. The minimum absolute atomic E-state index is 0.108. The number of hydrogen-bond acceptors (Lipinski definition) is 5. The lowest BCUT2D eigenvalue weighted by atomic mass is 10.0. The Balaban J connectivity index is 3.23. The van der Waals surface area contributed by atoms with Gasteiger partial charge in [-0.25, -0.2) is 4.79 Å². The standard InChI is InChI=1S/C12H12N2O4/c1-2-18-12(15)10-5-3-7-11(14(16)17)9(10)6-4-8-13/h3,5,7H,2,4,6H2,1H3. The third-order valence-electron chi connectivity index (χ3n) is 2.33. The van der Waals surface area contributed by atoms with Crippen molar-refractivity contribution in [3.8, 4) is 6.07 Å². The molecule has 0 saturated carbocycles. The molecule has 0 bridgehead atoms. The van der Waals surface area contributed by atoms with Crippen molar-refractivity contribution in [2.75, 3.05) is 6.61 Å². The van der Waals surface area contributed by atoms with Gasteiger partial charge in [-0.15, -0.1) is 0 Å². The molecule has 0 atom stereocenters. The summed E-state index contributed by atoms with van der Waals surface area (Å²) in [7, 11) is 0. The van der Waals surface area contributed by atoms with Crippen LogP contribution in [0.5, 0.6) is 0 Å². The topological polar surface area (TPSA) is 93.2 Å². The van der Waals surface area contributed by atoms with Crippen LogP contribution in [-0.4, -0.2) is 17.5 Å². The molecule has 18 heavy (non-hydrogen) atoms. The van der Waals surface area contributed by atoms with Crippen LogP contribution in [0.25, 0.3) is 0 Å². The first-order valence-corrected chi connectivity index (χ1v) is 5.42. The van der Waals surface area contributed by atoms with Gasteiger partial charge in [0.15, 0.2) is 0 Å². The molecule has 94 valence electrons. The number of nitro benzene ring substituents is 1. The Morgan fingerprint density at radius 3 is 2.83 bits per heavy atom. The van der Waals surface area contributed by atoms with Gasteiger partial charge in [0.05, 0.1) is 23.2 Å². The largest absolute Gasteiger partial charge is 0.462 e. The average Bonchev–Trinajstić information content (AvgIpc) is 2.36. The molecule has 0 heterocycles. The van der Waals surface area contributed by atoms with Crippen molar-refractivity contribution < 1.29 is 14.5 Å². The van der Waals surface area contributed by atoms with Crippen LogP contribution < -0.4 is 0 Å². The van der Waals surface area contributed by atoms with Crippen LogP contribution in [0, 0.1) is 21.4 Å². The van der Waals surface area contributed by atoms with Crippen LogP contribution in [0.4, 0.5) is 5.69 Å². The lowest BCUT2D eigenvalue weighted by Gasteiger charge is -2.07. The van der Waals surface area contributed by atoms with Gasteiger partial charge in [0.1, 0.15) is 0 Å². The lowest BCUT2D eigenvalue weighted by molar-refractivity contribution is -0.385. The molecular formula is C12H12N2O4. The summed E-state index contributed by atoms with van der Waals surface area (Å²) in [6.45, 7) is 1.85. The Morgan fingerprint density at radius 1 is 1.56 bits per heavy atom. The van der Waals surface area contributed by atoms with E-state index in [1.165, 1.54) is 18.2 Å². The fourth-order valence-corrected chi connectivity index (χ4v) is 1.59. The molecule has 0 amide bonds. The molecule has 0 unspecified atom stereocenters. The van der Waals surface area contributed by atoms with E-state index in [0.29, 0.717) is 0 Å². The van der Waals surface area contributed by atoms with Gasteiger partial charge in [0.2, 0.25) is 0 Å². The van der Waals surface area contributed by atoms with Crippen molar-refractivity contribution in [3.05, 3.63) is 39.4 Å². The number of nitriles is 1. The zero-order valence-electron chi connectivity index (χ0n) is 9.88. The van der Waals surface area contributed by atoms with E-state index >= 15 is 0 Å². The average molecular weight is 248 g/mol. The van der Waals surface area contributed by atoms with Gasteiger partial charge in [-0.1, -0.05) is 6.07 Å². The summed E-state index contributed by atoms with van der Waals surface area (Å²) < 4.78 is 4.84. The summed E-state index contributed by atoms with van der Waals surface area (Å²) >= 11 is 0. The van der Waals surface area contributed by atoms with E-state index in [1.54, 1.807) is 6.92 Å². The molecule has 0 spiro atoms. The third-order valence-corrected chi connectivity index (χ3v) is 2.33. The summed E-state index contributed by atoms with van der Waals surface area (Å²) in [5, 5.41) is 19.4. The van der Waals surface area contributed by atoms with Gasteiger partial charge >= 0.3 is 5.97 Å². The van der Waals surface area contributed by atoms with Gasteiger partial charge in [0, 0.05) is 18.1 Å². The first-order chi connectivity index (χ1) is 8.61. The molecule has 0 aliphatic heterocycles. The number of benzene rings is 1. The Labute approximate surface area is 104 Å². The van der Waals surface area contributed by atoms with E-state index in [-0.39, 0.29) is 36.3 Å². The number of ether oxygens (including phenoxy) is 1. The molecule has 6 heteroatoms. The van der Waals surface area contributed by atoms with Crippen LogP contribution >= 0.6 is 0 Å². The highest BCUT2D eigenvalue weighted by Crippen LogP contribution is 2.24. The first kappa shape index (κ1) is 13.6. The SMILES string of the molecule is CCOC(=O)c1cccc([N+](=O)[O-])c1CCC#N. The zero-order valence-corrected chi connectivity index (χ0v) is 9.88. The van der Waals surface area contributed by atoms with E-state index in [2.05, 4.69) is 0 Å². The molecule has 0 saturated heterocycles. The molecule has 0 aromatic heterocycles. The van der Waals surface area contributed by atoms with Crippen LogP contribution in [0.3, 0.4) is 0 Å². The maximum Gasteiger partial charge on any atom is 0.338 e. The summed E-state index contributed by atoms with van der Waals surface area (Å²) in [5.74, 6) is -0.603. The molecule has 1 aromatic rings. The fraction of sp³-hybridized carbons (Fsp3) is 0.333. The molecular weight excluding hydrogens is 236 g/mol. The lowest BCUT2D eigenvalue weighted by Crippen LogP contribution is -2.10. The molecule has 6 nitrogen and oxygen atoms in total. The molecule has 1 rings (SSSR count). The number of nitrogens with zero attached hydrogens (tertiary/aromatic N) is 2. The van der Waals surface area contributed by atoms with Crippen LogP contribution in [0.2, 0.25) is 0 Å². The fourth-order valence-electron chi connectivity index (χ4n) is 1.59. The molecule has 0 radical (unpaired) electrons. The van der Waals surface area contributed by atoms with E-state index < -0.39 is 10.9 Å². The zero-order chi connectivity index (χ0) is 13.5. The van der Waals surface area contributed by atoms with E-state index in [9.17, 15) is 14.9 Å². The van der Waals surface area contributed by atoms with Crippen molar-refractivity contribution in [2.45, 2.75) is 19.8 Å². The maximum atomic E-state index is 11.7. The minimum Gasteiger partial charge on any atom is -0.462 e. The van der Waals surface area contributed by atoms with Gasteiger partial charge < -0.3 is 4.74 Å². The number of esters is 1. The van der Waals surface area contributed by atoms with Gasteiger partial charge in [0.25, 0.3) is 5.69 Å². The Hall–Kier alpha value is -2.42. The molecule has 0 N–H and O–H groups in total. The predicted molar refractivity (Wildman–Crippen MR) is 63.0 cm³/mol. The highest BCUT2D eigenvalue weighted by Gasteiger charge is 2.21. The van der Waals surface area contributed by atoms with Gasteiger partial charge in [-0.2, -0.15) is 5.26 Å². The van der Waals surface area contributed by atoms with E-state index in [4.69, 9.17) is 10.00 Å². The minimum atomic E-state index is -0.603. The summed E-state index contributed by atoms with van der Waals surface area (Å²) in [6.07, 6.45) is 0.263. The van der Waals surface area contributed by atoms with Crippen molar-refractivity contribution in [1.82, 2.24) is 0 Å². The van der Waals surface area contributed by atoms with Crippen molar-refractivity contribution in [1.29, 1.82) is 5.26 Å². The van der Waals surface area contributed by atoms with Gasteiger partial charge in [-0.3, -0.25) is 10.1 Å². The molecule has 0 aliphatic carbocycles. The summed E-state index contributed by atoms with van der Waals surface area (Å²) in [4.78, 5) is 22.0. The number of carbonyl (C=O) groups excluding carboxylic acids is 1. The second-order valence-corrected chi connectivity index (χ2v) is 3.44. The smallest absolute Gasteiger partial charge is 0.338 e. The second kappa shape index (κ2) is 6.35. The highest BCUT2D eigenvalue weighted by molar-refractivity contribution is 5.92. The first-order valence-electron chi connectivity index (χ1n) is 5.42. The van der Waals surface area contributed by atoms with Gasteiger partial charge in [-0.05, 0) is 19.4 Å². The van der Waals surface area contributed by atoms with Crippen LogP contribution in [0.15, 0.2) is 18.2 Å². The summed E-state index contributed by atoms with van der Waals surface area (Å²) in [6, 6.07) is 6.12. The highest BCUT2D eigenvalue weighted by atomic mass is 16.6. The van der Waals surface area contributed by atoms with Crippen LogP contribution in [0.1, 0.15) is 29.3 Å². The van der Waals surface area contributed by atoms with E-state index in [0.717, 1.165) is 0 Å². The normalized spacial score (nSPS) is 9.56. The Kier molecular flexibility index (Phi) is 4.81. The monoisotopic (exact) mass is 248 g/mol. The third kappa shape index (κ3) is 3.04. The van der Waals surface area contributed by atoms with Crippen molar-refractivity contribution >= 4 is 11.7 Å². The van der Waals surface area contributed by atoms with Crippen molar-refractivity contribution in [3.63, 3.8) is 0 Å². The molecule has 0 fully saturated rings. The maximum absolute atomic E-state index is 11.7. The Bertz CT molecular complexity index is 505. The second-order valence-electron chi connectivity index (χ2n) is 3.44. The summed E-state index contributed by atoms with van der Waals surface area (Å²) in [5.41, 5.74) is 0.250.